The molecule has 3 nitrogen and oxygen atoms in total. The van der Waals surface area contributed by atoms with Gasteiger partial charge in [0.2, 0.25) is 0 Å². The van der Waals surface area contributed by atoms with Crippen molar-refractivity contribution in [2.75, 3.05) is 0 Å². The van der Waals surface area contributed by atoms with Gasteiger partial charge in [-0.05, 0) is 0 Å². The average Bonchev–Trinajstić information content (AvgIpc) is 1.69. The van der Waals surface area contributed by atoms with Gasteiger partial charge in [-0.15, -0.1) is 0 Å². The Kier molecular flexibility index (Phi) is 2.07. The molecule has 0 spiro atoms. The van der Waals surface area contributed by atoms with Crippen LogP contribution >= 0.6 is 18.6 Å². The molecular formula is CH2ClN3PSe. The summed E-state index contributed by atoms with van der Waals surface area (Å²) in [7, 11) is 6.37. The Labute approximate surface area is 51.6 Å². The predicted octanol–water partition coefficient (Wildman–Crippen LogP) is 0.886. The zero-order chi connectivity index (χ0) is 5.11. The van der Waals surface area contributed by atoms with Crippen LogP contribution in [0.4, 0.5) is 0 Å². The summed E-state index contributed by atoms with van der Waals surface area (Å²) >= 11 is -1.39. The topological polar surface area (TPSA) is 36.8 Å². The van der Waals surface area contributed by atoms with E-state index in [-0.39, 0.29) is 0 Å². The Hall–Kier alpha value is 0.379. The first-order chi connectivity index (χ1) is 3.39. The van der Waals surface area contributed by atoms with Gasteiger partial charge in [0.05, 0.1) is 0 Å². The van der Waals surface area contributed by atoms with E-state index in [2.05, 4.69) is 12.9 Å². The van der Waals surface area contributed by atoms with Gasteiger partial charge in [-0.2, -0.15) is 0 Å². The number of halogens is 1. The zero-order valence-electron chi connectivity index (χ0n) is 3.21. The van der Waals surface area contributed by atoms with Crippen LogP contribution in [0.5, 0.6) is 0 Å². The van der Waals surface area contributed by atoms with E-state index in [4.69, 9.17) is 10.1 Å². The normalized spacial score (nSPS) is 21.9. The van der Waals surface area contributed by atoms with Gasteiger partial charge in [0, 0.05) is 0 Å². The van der Waals surface area contributed by atoms with Crippen molar-refractivity contribution >= 4 is 38.4 Å². The van der Waals surface area contributed by atoms with E-state index < -0.39 is 13.4 Å². The fraction of sp³-hybridized carbons (Fsp3) is 0. The fourth-order valence-corrected chi connectivity index (χ4v) is 2.58. The molecule has 0 aromatic carbocycles. The third kappa shape index (κ3) is 1.74. The van der Waals surface area contributed by atoms with Crippen LogP contribution in [0.2, 0.25) is 0 Å². The molecule has 0 atom stereocenters. The van der Waals surface area contributed by atoms with Crippen LogP contribution < -0.4 is 5.09 Å². The first-order valence-corrected chi connectivity index (χ1v) is 6.12. The monoisotopic (exact) mass is 202 g/mol. The van der Waals surface area contributed by atoms with Crippen LogP contribution in [0, 0.1) is 0 Å². The number of rotatable bonds is 0. The van der Waals surface area contributed by atoms with E-state index in [1.54, 1.807) is 6.34 Å². The van der Waals surface area contributed by atoms with Crippen molar-refractivity contribution < 1.29 is 0 Å². The molecule has 39 valence electrons. The second kappa shape index (κ2) is 2.63. The van der Waals surface area contributed by atoms with Crippen molar-refractivity contribution in [1.82, 2.24) is 5.09 Å². The van der Waals surface area contributed by atoms with Gasteiger partial charge in [-0.25, -0.2) is 0 Å². The molecule has 0 unspecified atom stereocenters. The van der Waals surface area contributed by atoms with Gasteiger partial charge in [0.25, 0.3) is 0 Å². The van der Waals surface area contributed by atoms with Gasteiger partial charge in [-0.3, -0.25) is 0 Å². The van der Waals surface area contributed by atoms with E-state index in [1.165, 1.54) is 0 Å². The van der Waals surface area contributed by atoms with Crippen LogP contribution in [-0.4, -0.2) is 19.8 Å². The Morgan fingerprint density at radius 2 is 2.71 bits per heavy atom. The summed E-state index contributed by atoms with van der Waals surface area (Å²) in [6.45, 7) is 0. The summed E-state index contributed by atoms with van der Waals surface area (Å²) in [5.41, 5.74) is 0. The molecule has 0 fully saturated rings. The molecule has 1 rings (SSSR count). The van der Waals surface area contributed by atoms with Gasteiger partial charge in [0.1, 0.15) is 0 Å². The summed E-state index contributed by atoms with van der Waals surface area (Å²) in [4.78, 5) is 0. The Morgan fingerprint density at radius 3 is 3.00 bits per heavy atom. The van der Waals surface area contributed by atoms with Crippen LogP contribution in [0.3, 0.4) is 0 Å². The third-order valence-corrected chi connectivity index (χ3v) is 4.14. The van der Waals surface area contributed by atoms with Crippen LogP contribution in [-0.2, 0) is 0 Å². The first-order valence-electron chi connectivity index (χ1n) is 1.49. The number of hydrogen-bond donors (Lipinski definition) is 1. The maximum atomic E-state index is 5.53. The third-order valence-electron chi connectivity index (χ3n) is 0.363. The molecule has 0 saturated heterocycles. The summed E-state index contributed by atoms with van der Waals surface area (Å²) in [5.74, 6) is 0. The molecule has 1 N–H and O–H groups in total. The van der Waals surface area contributed by atoms with Crippen molar-refractivity contribution in [2.45, 2.75) is 0 Å². The molecule has 0 amide bonds. The molecule has 1 heterocycles. The number of hydrogen-bond acceptors (Lipinski definition) is 3. The second-order valence-electron chi connectivity index (χ2n) is 0.765. The number of nitrogens with zero attached hydrogens (tertiary/aromatic N) is 2. The van der Waals surface area contributed by atoms with E-state index in [0.717, 1.165) is 8.52 Å². The molecule has 6 heteroatoms. The minimum absolute atomic E-state index is 0.842. The molecular weight excluding hydrogens is 199 g/mol. The van der Waals surface area contributed by atoms with Crippen LogP contribution in [0.25, 0.3) is 0 Å². The minimum atomic E-state index is -1.39. The van der Waals surface area contributed by atoms with Gasteiger partial charge >= 0.3 is 51.2 Å². The molecule has 0 aromatic heterocycles. The quantitative estimate of drug-likeness (QED) is 0.459. The van der Waals surface area contributed by atoms with Crippen molar-refractivity contribution in [3.05, 3.63) is 0 Å². The van der Waals surface area contributed by atoms with Crippen molar-refractivity contribution in [3.8, 4) is 0 Å². The molecule has 7 heavy (non-hydrogen) atoms. The zero-order valence-corrected chi connectivity index (χ0v) is 6.57. The molecule has 0 aliphatic carbocycles. The predicted molar refractivity (Wildman–Crippen MR) is 32.6 cm³/mol. The van der Waals surface area contributed by atoms with Gasteiger partial charge in [0.15, 0.2) is 0 Å². The average molecular weight is 201 g/mol. The SMILES string of the molecule is Cl[Se]1N=CNP=N1. The van der Waals surface area contributed by atoms with E-state index in [0.29, 0.717) is 0 Å². The molecule has 0 saturated carbocycles. The Morgan fingerprint density at radius 1 is 1.86 bits per heavy atom. The summed E-state index contributed by atoms with van der Waals surface area (Å²) in [6, 6.07) is 0. The second-order valence-corrected chi connectivity index (χ2v) is 5.21. The van der Waals surface area contributed by atoms with E-state index >= 15 is 0 Å². The molecule has 0 bridgehead atoms. The van der Waals surface area contributed by atoms with Crippen molar-refractivity contribution in [3.63, 3.8) is 0 Å². The van der Waals surface area contributed by atoms with Crippen LogP contribution in [0.15, 0.2) is 7.77 Å². The van der Waals surface area contributed by atoms with Crippen molar-refractivity contribution in [1.29, 1.82) is 0 Å². The Balaban J connectivity index is 2.49. The molecule has 1 aliphatic rings. The maximum absolute atomic E-state index is 5.53. The molecule has 1 aliphatic heterocycles. The molecule has 0 aromatic rings. The Bertz CT molecular complexity index is 102. The number of nitrogens with one attached hydrogen (secondary N) is 1. The van der Waals surface area contributed by atoms with Crippen LogP contribution in [0.1, 0.15) is 0 Å². The standard InChI is InChI=1S/CH2ClN3PSe/c2-7-4-1-3-6-5-7/h1H,(H,3,4,5). The fourth-order valence-electron chi connectivity index (χ4n) is 0.171. The summed E-state index contributed by atoms with van der Waals surface area (Å²) < 4.78 is 7.69. The van der Waals surface area contributed by atoms with Gasteiger partial charge in [-0.1, -0.05) is 0 Å². The van der Waals surface area contributed by atoms with E-state index in [1.807, 2.05) is 0 Å². The summed E-state index contributed by atoms with van der Waals surface area (Å²) in [5, 5.41) is 2.78. The van der Waals surface area contributed by atoms with E-state index in [9.17, 15) is 0 Å². The summed E-state index contributed by atoms with van der Waals surface area (Å²) in [6.07, 6.45) is 1.60. The van der Waals surface area contributed by atoms with Gasteiger partial charge < -0.3 is 0 Å². The first kappa shape index (κ1) is 5.51. The molecule has 1 radical (unpaired) electrons. The van der Waals surface area contributed by atoms with Crippen molar-refractivity contribution in [2.24, 2.45) is 7.77 Å².